The number of carbonyl (C=O) groups is 2. The lowest BCUT2D eigenvalue weighted by Crippen LogP contribution is -2.45. The van der Waals surface area contributed by atoms with E-state index in [0.717, 1.165) is 19.3 Å². The minimum atomic E-state index is -0.720. The van der Waals surface area contributed by atoms with Crippen molar-refractivity contribution >= 4 is 12.1 Å². The van der Waals surface area contributed by atoms with Gasteiger partial charge in [-0.05, 0) is 52.9 Å². The third-order valence-corrected chi connectivity index (χ3v) is 3.58. The Labute approximate surface area is 121 Å². The molecule has 20 heavy (non-hydrogen) atoms. The fraction of sp³-hybridized carbons (Fsp3) is 0.867. The van der Waals surface area contributed by atoms with Gasteiger partial charge in [0.15, 0.2) is 0 Å². The first-order chi connectivity index (χ1) is 9.24. The number of carbonyl (C=O) groups excluding carboxylic acids is 1. The second-order valence-corrected chi connectivity index (χ2v) is 6.52. The molecule has 116 valence electrons. The van der Waals surface area contributed by atoms with Gasteiger partial charge in [0.25, 0.3) is 0 Å². The molecule has 1 fully saturated rings. The van der Waals surface area contributed by atoms with Crippen LogP contribution in [0.1, 0.15) is 59.8 Å². The highest BCUT2D eigenvalue weighted by atomic mass is 16.6. The molecule has 0 aromatic rings. The van der Waals surface area contributed by atoms with E-state index < -0.39 is 11.6 Å². The molecule has 0 bridgehead atoms. The molecule has 1 amide bonds. The molecule has 0 spiro atoms. The monoisotopic (exact) mass is 285 g/mol. The van der Waals surface area contributed by atoms with Crippen LogP contribution in [-0.4, -0.2) is 40.3 Å². The zero-order valence-corrected chi connectivity index (χ0v) is 13.0. The Kier molecular flexibility index (Phi) is 5.84. The largest absolute Gasteiger partial charge is 0.481 e. The molecule has 0 unspecified atom stereocenters. The summed E-state index contributed by atoms with van der Waals surface area (Å²) in [6.07, 6.45) is 3.37. The Bertz CT molecular complexity index is 340. The van der Waals surface area contributed by atoms with Gasteiger partial charge in [0.2, 0.25) is 0 Å². The van der Waals surface area contributed by atoms with Crippen molar-refractivity contribution in [1.29, 1.82) is 0 Å². The molecule has 5 heteroatoms. The lowest BCUT2D eigenvalue weighted by molar-refractivity contribution is -0.143. The fourth-order valence-corrected chi connectivity index (χ4v) is 2.62. The molecule has 1 aliphatic rings. The van der Waals surface area contributed by atoms with Crippen LogP contribution in [0.15, 0.2) is 0 Å². The van der Waals surface area contributed by atoms with E-state index in [9.17, 15) is 9.59 Å². The molecule has 1 saturated carbocycles. The normalized spacial score (nSPS) is 23.2. The van der Waals surface area contributed by atoms with Crippen LogP contribution in [0.25, 0.3) is 0 Å². The van der Waals surface area contributed by atoms with Gasteiger partial charge in [-0.2, -0.15) is 0 Å². The van der Waals surface area contributed by atoms with Crippen molar-refractivity contribution in [2.24, 2.45) is 5.92 Å². The third-order valence-electron chi connectivity index (χ3n) is 3.58. The number of hydrogen-bond acceptors (Lipinski definition) is 3. The number of amides is 1. The van der Waals surface area contributed by atoms with Crippen LogP contribution in [-0.2, 0) is 9.53 Å². The Morgan fingerprint density at radius 1 is 1.20 bits per heavy atom. The summed E-state index contributed by atoms with van der Waals surface area (Å²) in [6.45, 7) is 8.26. The molecule has 0 saturated heterocycles. The number of ether oxygens (including phenoxy) is 1. The van der Waals surface area contributed by atoms with Crippen LogP contribution in [0.4, 0.5) is 4.79 Å². The van der Waals surface area contributed by atoms with E-state index in [4.69, 9.17) is 9.84 Å². The molecule has 1 rings (SSSR count). The smallest absolute Gasteiger partial charge is 0.410 e. The van der Waals surface area contributed by atoms with Gasteiger partial charge in [-0.25, -0.2) is 4.79 Å². The van der Waals surface area contributed by atoms with Gasteiger partial charge in [0.1, 0.15) is 5.60 Å². The summed E-state index contributed by atoms with van der Waals surface area (Å²) >= 11 is 0. The zero-order chi connectivity index (χ0) is 15.3. The zero-order valence-electron chi connectivity index (χ0n) is 13.0. The molecule has 0 atom stereocenters. The van der Waals surface area contributed by atoms with Crippen LogP contribution in [0.3, 0.4) is 0 Å². The van der Waals surface area contributed by atoms with E-state index in [1.807, 2.05) is 27.7 Å². The van der Waals surface area contributed by atoms with Gasteiger partial charge < -0.3 is 14.7 Å². The predicted molar refractivity (Wildman–Crippen MR) is 76.6 cm³/mol. The maximum Gasteiger partial charge on any atom is 0.410 e. The van der Waals surface area contributed by atoms with Crippen LogP contribution < -0.4 is 0 Å². The van der Waals surface area contributed by atoms with Gasteiger partial charge in [-0.3, -0.25) is 4.79 Å². The van der Waals surface area contributed by atoms with Gasteiger partial charge in [-0.15, -0.1) is 0 Å². The van der Waals surface area contributed by atoms with Gasteiger partial charge in [0, 0.05) is 12.6 Å². The second kappa shape index (κ2) is 6.95. The SMILES string of the molecule is CCCN(C(=O)OC(C)(C)C)C1CCC(C(=O)O)CC1. The minimum Gasteiger partial charge on any atom is -0.481 e. The van der Waals surface area contributed by atoms with Crippen LogP contribution in [0.5, 0.6) is 0 Å². The summed E-state index contributed by atoms with van der Waals surface area (Å²) in [4.78, 5) is 25.0. The van der Waals surface area contributed by atoms with E-state index in [1.54, 1.807) is 4.90 Å². The summed E-state index contributed by atoms with van der Waals surface area (Å²) in [6, 6.07) is 0.111. The molecule has 0 aliphatic heterocycles. The maximum atomic E-state index is 12.3. The first-order valence-electron chi connectivity index (χ1n) is 7.47. The lowest BCUT2D eigenvalue weighted by Gasteiger charge is -2.36. The highest BCUT2D eigenvalue weighted by molar-refractivity contribution is 5.70. The van der Waals surface area contributed by atoms with E-state index in [-0.39, 0.29) is 18.1 Å². The van der Waals surface area contributed by atoms with Crippen molar-refractivity contribution in [3.05, 3.63) is 0 Å². The van der Waals surface area contributed by atoms with Crippen molar-refractivity contribution in [3.8, 4) is 0 Å². The van der Waals surface area contributed by atoms with Crippen LogP contribution >= 0.6 is 0 Å². The average Bonchev–Trinajstić information content (AvgIpc) is 2.34. The highest BCUT2D eigenvalue weighted by Crippen LogP contribution is 2.28. The van der Waals surface area contributed by atoms with E-state index in [2.05, 4.69) is 0 Å². The molecular weight excluding hydrogens is 258 g/mol. The second-order valence-electron chi connectivity index (χ2n) is 6.52. The average molecular weight is 285 g/mol. The van der Waals surface area contributed by atoms with Gasteiger partial charge >= 0.3 is 12.1 Å². The maximum absolute atomic E-state index is 12.3. The fourth-order valence-electron chi connectivity index (χ4n) is 2.62. The summed E-state index contributed by atoms with van der Waals surface area (Å²) in [5, 5.41) is 9.02. The number of carboxylic acids is 1. The minimum absolute atomic E-state index is 0.111. The first kappa shape index (κ1) is 16.8. The number of carboxylic acid groups (broad SMARTS) is 1. The summed E-state index contributed by atoms with van der Waals surface area (Å²) in [5.41, 5.74) is -0.499. The molecule has 0 radical (unpaired) electrons. The third kappa shape index (κ3) is 5.02. The Balaban J connectivity index is 2.63. The molecule has 0 heterocycles. The van der Waals surface area contributed by atoms with Crippen LogP contribution in [0.2, 0.25) is 0 Å². The van der Waals surface area contributed by atoms with Crippen molar-refractivity contribution in [1.82, 2.24) is 4.90 Å². The number of nitrogens with zero attached hydrogens (tertiary/aromatic N) is 1. The molecular formula is C15H27NO4. The number of hydrogen-bond donors (Lipinski definition) is 1. The van der Waals surface area contributed by atoms with Crippen molar-refractivity contribution in [2.45, 2.75) is 71.4 Å². The van der Waals surface area contributed by atoms with E-state index in [0.29, 0.717) is 19.4 Å². The number of aliphatic carboxylic acids is 1. The number of rotatable bonds is 4. The molecule has 0 aromatic heterocycles. The Morgan fingerprint density at radius 2 is 1.75 bits per heavy atom. The molecule has 1 N–H and O–H groups in total. The summed E-state index contributed by atoms with van der Waals surface area (Å²) in [7, 11) is 0. The first-order valence-corrected chi connectivity index (χ1v) is 7.47. The quantitative estimate of drug-likeness (QED) is 0.860. The topological polar surface area (TPSA) is 66.8 Å². The van der Waals surface area contributed by atoms with E-state index >= 15 is 0 Å². The standard InChI is InChI=1S/C15H27NO4/c1-5-10-16(14(19)20-15(2,3)4)12-8-6-11(7-9-12)13(17)18/h11-12H,5-10H2,1-4H3,(H,17,18). The molecule has 0 aromatic carbocycles. The van der Waals surface area contributed by atoms with Crippen molar-refractivity contribution in [3.63, 3.8) is 0 Å². The molecule has 5 nitrogen and oxygen atoms in total. The molecule has 1 aliphatic carbocycles. The van der Waals surface area contributed by atoms with Gasteiger partial charge in [-0.1, -0.05) is 6.92 Å². The highest BCUT2D eigenvalue weighted by Gasteiger charge is 2.33. The predicted octanol–water partition coefficient (Wildman–Crippen LogP) is 3.28. The lowest BCUT2D eigenvalue weighted by atomic mass is 9.85. The Hall–Kier alpha value is -1.26. The van der Waals surface area contributed by atoms with Gasteiger partial charge in [0.05, 0.1) is 5.92 Å². The van der Waals surface area contributed by atoms with E-state index in [1.165, 1.54) is 0 Å². The van der Waals surface area contributed by atoms with Crippen molar-refractivity contribution in [2.75, 3.05) is 6.54 Å². The van der Waals surface area contributed by atoms with Crippen LogP contribution in [0, 0.1) is 5.92 Å². The summed E-state index contributed by atoms with van der Waals surface area (Å²) < 4.78 is 5.45. The Morgan fingerprint density at radius 3 is 2.15 bits per heavy atom. The summed E-state index contributed by atoms with van der Waals surface area (Å²) in [5.74, 6) is -0.976. The van der Waals surface area contributed by atoms with Crippen molar-refractivity contribution < 1.29 is 19.4 Å².